The zero-order valence-corrected chi connectivity index (χ0v) is 15.6. The van der Waals surface area contributed by atoms with Crippen molar-refractivity contribution >= 4 is 29.2 Å². The van der Waals surface area contributed by atoms with Gasteiger partial charge in [0.05, 0.1) is 16.9 Å². The molecule has 8 heteroatoms. The van der Waals surface area contributed by atoms with Crippen LogP contribution >= 0.6 is 0 Å². The number of rotatable bonds is 5. The molecule has 0 spiro atoms. The van der Waals surface area contributed by atoms with Crippen LogP contribution in [0.15, 0.2) is 42.5 Å². The molecule has 2 aromatic rings. The molecule has 2 N–H and O–H groups in total. The Labute approximate surface area is 166 Å². The lowest BCUT2D eigenvalue weighted by molar-refractivity contribution is -0.124. The molecule has 4 rings (SSSR count). The predicted molar refractivity (Wildman–Crippen MR) is 104 cm³/mol. The van der Waals surface area contributed by atoms with Gasteiger partial charge in [0.2, 0.25) is 5.91 Å². The third-order valence-electron chi connectivity index (χ3n) is 5.12. The molecule has 7 nitrogen and oxygen atoms in total. The van der Waals surface area contributed by atoms with Crippen molar-refractivity contribution in [3.63, 3.8) is 0 Å². The topological polar surface area (TPSA) is 87.7 Å². The number of nitrogens with zero attached hydrogens (tertiary/aromatic N) is 1. The summed E-state index contributed by atoms with van der Waals surface area (Å²) < 4.78 is 18.6. The van der Waals surface area contributed by atoms with E-state index in [1.54, 1.807) is 36.4 Å². The average molecular weight is 397 g/mol. The van der Waals surface area contributed by atoms with Gasteiger partial charge in [-0.3, -0.25) is 9.59 Å². The number of carbonyl (C=O) groups is 3. The summed E-state index contributed by atoms with van der Waals surface area (Å²) >= 11 is 0. The van der Waals surface area contributed by atoms with Crippen LogP contribution in [0.5, 0.6) is 0 Å². The van der Waals surface area contributed by atoms with E-state index in [-0.39, 0.29) is 24.1 Å². The van der Waals surface area contributed by atoms with Gasteiger partial charge in [-0.1, -0.05) is 18.2 Å². The van der Waals surface area contributed by atoms with E-state index in [4.69, 9.17) is 4.74 Å². The Hall–Kier alpha value is -3.42. The zero-order valence-electron chi connectivity index (χ0n) is 15.6. The Morgan fingerprint density at radius 2 is 2.07 bits per heavy atom. The Morgan fingerprint density at radius 1 is 1.24 bits per heavy atom. The second-order valence-electron chi connectivity index (χ2n) is 7.02. The fraction of sp³-hybridized carbons (Fsp3) is 0.286. The van der Waals surface area contributed by atoms with E-state index >= 15 is 0 Å². The van der Waals surface area contributed by atoms with Crippen LogP contribution in [-0.4, -0.2) is 37.0 Å². The van der Waals surface area contributed by atoms with Gasteiger partial charge in [-0.25, -0.2) is 9.18 Å². The van der Waals surface area contributed by atoms with Gasteiger partial charge in [0.25, 0.3) is 5.91 Å². The van der Waals surface area contributed by atoms with Crippen molar-refractivity contribution in [3.05, 3.63) is 59.4 Å². The molecule has 2 aromatic carbocycles. The highest BCUT2D eigenvalue weighted by Crippen LogP contribution is 2.37. The SMILES string of the molecule is O=C(COC(=O)c1ccc2c(c1)NC(=O)[C@@H]1CCCN21)NCc1ccccc1F. The minimum Gasteiger partial charge on any atom is -0.452 e. The third kappa shape index (κ3) is 3.91. The van der Waals surface area contributed by atoms with E-state index in [1.807, 2.05) is 4.90 Å². The minimum absolute atomic E-state index is 0.00490. The quantitative estimate of drug-likeness (QED) is 0.756. The lowest BCUT2D eigenvalue weighted by atomic mass is 10.1. The van der Waals surface area contributed by atoms with E-state index in [2.05, 4.69) is 10.6 Å². The summed E-state index contributed by atoms with van der Waals surface area (Å²) in [6.45, 7) is 0.326. The van der Waals surface area contributed by atoms with Crippen LogP contribution in [0.25, 0.3) is 0 Å². The standard InChI is InChI=1S/C21H20FN3O4/c22-15-5-2-1-4-14(15)11-23-19(26)12-29-21(28)13-7-8-17-16(10-13)24-20(27)18-6-3-9-25(17)18/h1-2,4-5,7-8,10,18H,3,6,9,11-12H2,(H,23,26)(H,24,27)/t18-/m0/s1. The molecule has 2 aliphatic rings. The first kappa shape index (κ1) is 18.9. The van der Waals surface area contributed by atoms with Crippen molar-refractivity contribution in [1.82, 2.24) is 5.32 Å². The van der Waals surface area contributed by atoms with Crippen molar-refractivity contribution in [2.24, 2.45) is 0 Å². The molecule has 1 fully saturated rings. The molecule has 2 amide bonds. The lowest BCUT2D eigenvalue weighted by Crippen LogP contribution is -2.43. The first-order chi connectivity index (χ1) is 14.0. The maximum absolute atomic E-state index is 13.6. The van der Waals surface area contributed by atoms with Crippen LogP contribution in [0, 0.1) is 5.82 Å². The molecule has 2 heterocycles. The Balaban J connectivity index is 1.34. The zero-order chi connectivity index (χ0) is 20.4. The molecular formula is C21H20FN3O4. The molecule has 29 heavy (non-hydrogen) atoms. The van der Waals surface area contributed by atoms with Crippen molar-refractivity contribution in [3.8, 4) is 0 Å². The summed E-state index contributed by atoms with van der Waals surface area (Å²) in [7, 11) is 0. The molecule has 1 atom stereocenters. The first-order valence-electron chi connectivity index (χ1n) is 9.42. The van der Waals surface area contributed by atoms with E-state index < -0.39 is 24.3 Å². The first-order valence-corrected chi connectivity index (χ1v) is 9.42. The molecule has 0 aliphatic carbocycles. The van der Waals surface area contributed by atoms with Crippen LogP contribution < -0.4 is 15.5 Å². The second kappa shape index (κ2) is 7.90. The number of hydrogen-bond acceptors (Lipinski definition) is 5. The van der Waals surface area contributed by atoms with Gasteiger partial charge >= 0.3 is 5.97 Å². The molecule has 0 saturated carbocycles. The van der Waals surface area contributed by atoms with Crippen LogP contribution in [0.3, 0.4) is 0 Å². The number of ether oxygens (including phenoxy) is 1. The Kier molecular flexibility index (Phi) is 5.16. The highest BCUT2D eigenvalue weighted by Gasteiger charge is 2.36. The van der Waals surface area contributed by atoms with E-state index in [1.165, 1.54) is 6.07 Å². The Morgan fingerprint density at radius 3 is 2.90 bits per heavy atom. The van der Waals surface area contributed by atoms with Gasteiger partial charge in [0, 0.05) is 18.7 Å². The predicted octanol–water partition coefficient (Wildman–Crippen LogP) is 2.22. The molecule has 1 saturated heterocycles. The number of amides is 2. The summed E-state index contributed by atoms with van der Waals surface area (Å²) in [6, 6.07) is 10.9. The normalized spacial score (nSPS) is 17.2. The number of hydrogen-bond donors (Lipinski definition) is 2. The van der Waals surface area contributed by atoms with Crippen molar-refractivity contribution in [2.75, 3.05) is 23.4 Å². The molecule has 0 aromatic heterocycles. The highest BCUT2D eigenvalue weighted by molar-refractivity contribution is 6.05. The number of fused-ring (bicyclic) bond motifs is 3. The van der Waals surface area contributed by atoms with Gasteiger partial charge in [-0.2, -0.15) is 0 Å². The molecule has 0 unspecified atom stereocenters. The molecule has 150 valence electrons. The largest absolute Gasteiger partial charge is 0.452 e. The lowest BCUT2D eigenvalue weighted by Gasteiger charge is -2.33. The molecule has 0 bridgehead atoms. The van der Waals surface area contributed by atoms with Crippen molar-refractivity contribution in [1.29, 1.82) is 0 Å². The monoisotopic (exact) mass is 397 g/mol. The van der Waals surface area contributed by atoms with Gasteiger partial charge in [-0.05, 0) is 37.1 Å². The van der Waals surface area contributed by atoms with Crippen LogP contribution in [0.1, 0.15) is 28.8 Å². The van der Waals surface area contributed by atoms with Crippen LogP contribution in [0.4, 0.5) is 15.8 Å². The Bertz CT molecular complexity index is 978. The minimum atomic E-state index is -0.674. The highest BCUT2D eigenvalue weighted by atomic mass is 19.1. The summed E-state index contributed by atoms with van der Waals surface area (Å²) in [5.74, 6) is -1.70. The van der Waals surface area contributed by atoms with Gasteiger partial charge in [0.15, 0.2) is 6.61 Å². The fourth-order valence-electron chi connectivity index (χ4n) is 3.66. The van der Waals surface area contributed by atoms with Gasteiger partial charge < -0.3 is 20.3 Å². The smallest absolute Gasteiger partial charge is 0.338 e. The summed E-state index contributed by atoms with van der Waals surface area (Å²) in [5, 5.41) is 5.34. The average Bonchev–Trinajstić information content (AvgIpc) is 3.22. The summed E-state index contributed by atoms with van der Waals surface area (Å²) in [6.07, 6.45) is 1.76. The van der Waals surface area contributed by atoms with Gasteiger partial charge in [-0.15, -0.1) is 0 Å². The van der Waals surface area contributed by atoms with Crippen molar-refractivity contribution < 1.29 is 23.5 Å². The van der Waals surface area contributed by atoms with Crippen molar-refractivity contribution in [2.45, 2.75) is 25.4 Å². The molecule has 2 aliphatic heterocycles. The van der Waals surface area contributed by atoms with Crippen LogP contribution in [-0.2, 0) is 20.9 Å². The molecule has 0 radical (unpaired) electrons. The van der Waals surface area contributed by atoms with E-state index in [0.29, 0.717) is 11.3 Å². The summed E-state index contributed by atoms with van der Waals surface area (Å²) in [5.41, 5.74) is 2.03. The number of esters is 1. The van der Waals surface area contributed by atoms with Gasteiger partial charge in [0.1, 0.15) is 11.9 Å². The number of carbonyl (C=O) groups excluding carboxylic acids is 3. The maximum Gasteiger partial charge on any atom is 0.338 e. The third-order valence-corrected chi connectivity index (χ3v) is 5.12. The summed E-state index contributed by atoms with van der Waals surface area (Å²) in [4.78, 5) is 38.4. The maximum atomic E-state index is 13.6. The van der Waals surface area contributed by atoms with E-state index in [0.717, 1.165) is 25.1 Å². The second-order valence-corrected chi connectivity index (χ2v) is 7.02. The number of halogens is 1. The fourth-order valence-corrected chi connectivity index (χ4v) is 3.66. The number of anilines is 2. The molecular weight excluding hydrogens is 377 g/mol. The number of benzene rings is 2. The van der Waals surface area contributed by atoms with E-state index in [9.17, 15) is 18.8 Å². The number of nitrogens with one attached hydrogen (secondary N) is 2. The van der Waals surface area contributed by atoms with Crippen LogP contribution in [0.2, 0.25) is 0 Å².